The fraction of sp³-hybridized carbons (Fsp3) is 0.333. The third kappa shape index (κ3) is 2.49. The van der Waals surface area contributed by atoms with E-state index in [1.807, 2.05) is 12.1 Å². The van der Waals surface area contributed by atoms with Crippen molar-refractivity contribution < 1.29 is 9.53 Å². The zero-order valence-corrected chi connectivity index (χ0v) is 8.61. The van der Waals surface area contributed by atoms with Crippen LogP contribution in [0.15, 0.2) is 24.3 Å². The molecule has 1 aromatic rings. The van der Waals surface area contributed by atoms with E-state index in [0.29, 0.717) is 5.75 Å². The number of rotatable bonds is 1. The van der Waals surface area contributed by atoms with Crippen LogP contribution >= 0.6 is 0 Å². The molecule has 1 fully saturated rings. The van der Waals surface area contributed by atoms with E-state index in [0.717, 1.165) is 31.5 Å². The van der Waals surface area contributed by atoms with Crippen LogP contribution < -0.4 is 4.74 Å². The minimum Gasteiger partial charge on any atom is -0.410 e. The molecule has 0 N–H and O–H groups in total. The lowest BCUT2D eigenvalue weighted by Crippen LogP contribution is -2.30. The predicted molar refractivity (Wildman–Crippen MR) is 57.7 cm³/mol. The number of ether oxygens (including phenoxy) is 1. The van der Waals surface area contributed by atoms with E-state index >= 15 is 0 Å². The van der Waals surface area contributed by atoms with Gasteiger partial charge in [-0.3, -0.25) is 0 Å². The van der Waals surface area contributed by atoms with E-state index in [1.54, 1.807) is 17.0 Å². The fourth-order valence-corrected chi connectivity index (χ4v) is 1.62. The van der Waals surface area contributed by atoms with E-state index in [2.05, 4.69) is 6.92 Å². The predicted octanol–water partition coefficient (Wildman–Crippen LogP) is 2.46. The molecule has 0 bridgehead atoms. The van der Waals surface area contributed by atoms with Crippen LogP contribution in [-0.2, 0) is 0 Å². The van der Waals surface area contributed by atoms with Gasteiger partial charge in [-0.2, -0.15) is 0 Å². The van der Waals surface area contributed by atoms with Crippen molar-refractivity contribution in [2.24, 2.45) is 0 Å². The Hall–Kier alpha value is -1.51. The molecular formula is C12H14NO2. The van der Waals surface area contributed by atoms with Gasteiger partial charge >= 0.3 is 6.09 Å². The first-order chi connectivity index (χ1) is 7.25. The molecule has 0 unspecified atom stereocenters. The SMILES string of the molecule is [CH2]c1ccc(OC(=O)N2CCCC2)cc1. The molecule has 1 saturated heterocycles. The highest BCUT2D eigenvalue weighted by Crippen LogP contribution is 2.15. The van der Waals surface area contributed by atoms with Gasteiger partial charge < -0.3 is 9.64 Å². The maximum absolute atomic E-state index is 11.6. The van der Waals surface area contributed by atoms with Gasteiger partial charge in [-0.1, -0.05) is 12.1 Å². The zero-order chi connectivity index (χ0) is 10.7. The summed E-state index contributed by atoms with van der Waals surface area (Å²) in [5.74, 6) is 0.583. The molecule has 0 saturated carbocycles. The van der Waals surface area contributed by atoms with Gasteiger partial charge in [0, 0.05) is 13.1 Å². The molecule has 1 amide bonds. The van der Waals surface area contributed by atoms with E-state index in [9.17, 15) is 4.79 Å². The highest BCUT2D eigenvalue weighted by molar-refractivity contribution is 5.70. The molecule has 2 rings (SSSR count). The first-order valence-electron chi connectivity index (χ1n) is 5.14. The number of amides is 1. The molecule has 3 nitrogen and oxygen atoms in total. The van der Waals surface area contributed by atoms with Crippen LogP contribution in [0.25, 0.3) is 0 Å². The Morgan fingerprint density at radius 2 is 1.80 bits per heavy atom. The number of hydrogen-bond acceptors (Lipinski definition) is 2. The van der Waals surface area contributed by atoms with Crippen molar-refractivity contribution >= 4 is 6.09 Å². The second-order valence-electron chi connectivity index (χ2n) is 3.71. The number of benzene rings is 1. The molecule has 3 heteroatoms. The van der Waals surface area contributed by atoms with Crippen molar-refractivity contribution in [1.82, 2.24) is 4.90 Å². The Labute approximate surface area is 89.7 Å². The van der Waals surface area contributed by atoms with Gasteiger partial charge in [-0.05, 0) is 37.5 Å². The van der Waals surface area contributed by atoms with E-state index in [4.69, 9.17) is 4.74 Å². The Bertz CT molecular complexity index is 339. The minimum atomic E-state index is -0.246. The summed E-state index contributed by atoms with van der Waals surface area (Å²) in [5, 5.41) is 0. The van der Waals surface area contributed by atoms with Crippen LogP contribution in [0, 0.1) is 6.92 Å². The molecule has 1 aliphatic heterocycles. The second kappa shape index (κ2) is 4.34. The van der Waals surface area contributed by atoms with Crippen molar-refractivity contribution in [3.05, 3.63) is 36.8 Å². The summed E-state index contributed by atoms with van der Waals surface area (Å²) in [7, 11) is 0. The maximum atomic E-state index is 11.6. The van der Waals surface area contributed by atoms with Gasteiger partial charge in [0.1, 0.15) is 5.75 Å². The molecule has 1 aliphatic rings. The van der Waals surface area contributed by atoms with Gasteiger partial charge in [0.2, 0.25) is 0 Å². The normalized spacial score (nSPS) is 15.4. The largest absolute Gasteiger partial charge is 0.415 e. The first kappa shape index (κ1) is 10.0. The lowest BCUT2D eigenvalue weighted by atomic mass is 10.2. The van der Waals surface area contributed by atoms with Crippen molar-refractivity contribution in [2.75, 3.05) is 13.1 Å². The third-order valence-electron chi connectivity index (χ3n) is 2.49. The molecule has 0 aromatic heterocycles. The average Bonchev–Trinajstić information content (AvgIpc) is 2.74. The molecule has 79 valence electrons. The van der Waals surface area contributed by atoms with Gasteiger partial charge in [0.25, 0.3) is 0 Å². The molecule has 0 spiro atoms. The van der Waals surface area contributed by atoms with Gasteiger partial charge in [0.15, 0.2) is 0 Å². The Morgan fingerprint density at radius 1 is 1.20 bits per heavy atom. The van der Waals surface area contributed by atoms with Crippen LogP contribution in [0.4, 0.5) is 4.79 Å². The maximum Gasteiger partial charge on any atom is 0.415 e. The number of carbonyl (C=O) groups excluding carboxylic acids is 1. The first-order valence-corrected chi connectivity index (χ1v) is 5.14. The van der Waals surface area contributed by atoms with Gasteiger partial charge in [-0.15, -0.1) is 0 Å². The van der Waals surface area contributed by atoms with Crippen molar-refractivity contribution in [2.45, 2.75) is 12.8 Å². The topological polar surface area (TPSA) is 29.5 Å². The lowest BCUT2D eigenvalue weighted by molar-refractivity contribution is 0.163. The number of nitrogens with zero attached hydrogens (tertiary/aromatic N) is 1. The molecule has 0 aliphatic carbocycles. The summed E-state index contributed by atoms with van der Waals surface area (Å²) in [6, 6.07) is 7.17. The highest BCUT2D eigenvalue weighted by Gasteiger charge is 2.19. The molecule has 1 radical (unpaired) electrons. The van der Waals surface area contributed by atoms with Crippen molar-refractivity contribution in [3.63, 3.8) is 0 Å². The molecule has 1 aromatic carbocycles. The summed E-state index contributed by atoms with van der Waals surface area (Å²) >= 11 is 0. The summed E-state index contributed by atoms with van der Waals surface area (Å²) in [6.45, 7) is 5.39. The van der Waals surface area contributed by atoms with Crippen molar-refractivity contribution in [3.8, 4) is 5.75 Å². The quantitative estimate of drug-likeness (QED) is 0.703. The number of hydrogen-bond donors (Lipinski definition) is 0. The van der Waals surface area contributed by atoms with E-state index < -0.39 is 0 Å². The zero-order valence-electron chi connectivity index (χ0n) is 8.61. The Kier molecular flexibility index (Phi) is 2.90. The Balaban J connectivity index is 1.96. The van der Waals surface area contributed by atoms with Crippen LogP contribution in [0.1, 0.15) is 18.4 Å². The van der Waals surface area contributed by atoms with Crippen LogP contribution in [-0.4, -0.2) is 24.1 Å². The van der Waals surface area contributed by atoms with E-state index in [1.165, 1.54) is 0 Å². The summed E-state index contributed by atoms with van der Waals surface area (Å²) in [4.78, 5) is 13.3. The van der Waals surface area contributed by atoms with Gasteiger partial charge in [0.05, 0.1) is 0 Å². The lowest BCUT2D eigenvalue weighted by Gasteiger charge is -2.14. The molecule has 15 heavy (non-hydrogen) atoms. The monoisotopic (exact) mass is 204 g/mol. The number of carbonyl (C=O) groups is 1. The highest BCUT2D eigenvalue weighted by atomic mass is 16.6. The van der Waals surface area contributed by atoms with Crippen LogP contribution in [0.3, 0.4) is 0 Å². The van der Waals surface area contributed by atoms with Gasteiger partial charge in [-0.25, -0.2) is 4.79 Å². The number of likely N-dealkylation sites (tertiary alicyclic amines) is 1. The van der Waals surface area contributed by atoms with Crippen molar-refractivity contribution in [1.29, 1.82) is 0 Å². The second-order valence-corrected chi connectivity index (χ2v) is 3.71. The minimum absolute atomic E-state index is 0.246. The summed E-state index contributed by atoms with van der Waals surface area (Å²) < 4.78 is 5.21. The Morgan fingerprint density at radius 3 is 2.40 bits per heavy atom. The molecular weight excluding hydrogens is 190 g/mol. The molecule has 1 heterocycles. The smallest absolute Gasteiger partial charge is 0.410 e. The standard InChI is InChI=1S/C12H14NO2/c1-10-4-6-11(7-5-10)15-12(14)13-8-2-3-9-13/h4-7H,1-3,8-9H2. The van der Waals surface area contributed by atoms with Crippen LogP contribution in [0.5, 0.6) is 5.75 Å². The van der Waals surface area contributed by atoms with Crippen LogP contribution in [0.2, 0.25) is 0 Å². The fourth-order valence-electron chi connectivity index (χ4n) is 1.62. The summed E-state index contributed by atoms with van der Waals surface area (Å²) in [5.41, 5.74) is 0.913. The summed E-state index contributed by atoms with van der Waals surface area (Å²) in [6.07, 6.45) is 1.91. The molecule has 0 atom stereocenters. The van der Waals surface area contributed by atoms with E-state index in [-0.39, 0.29) is 6.09 Å². The average molecular weight is 204 g/mol. The third-order valence-corrected chi connectivity index (χ3v) is 2.49.